The third-order valence-corrected chi connectivity index (χ3v) is 9.64. The number of hydrogen-bond acceptors (Lipinski definition) is 2. The van der Waals surface area contributed by atoms with Crippen molar-refractivity contribution in [1.29, 1.82) is 0 Å². The van der Waals surface area contributed by atoms with Crippen LogP contribution in [0.25, 0.3) is 55.0 Å². The van der Waals surface area contributed by atoms with E-state index in [1.165, 1.54) is 33.0 Å². The molecule has 9 rings (SSSR count). The summed E-state index contributed by atoms with van der Waals surface area (Å²) < 4.78 is 6.37. The molecule has 8 aromatic rings. The molecule has 1 heterocycles. The van der Waals surface area contributed by atoms with E-state index in [9.17, 15) is 0 Å². The molecule has 45 heavy (non-hydrogen) atoms. The lowest BCUT2D eigenvalue weighted by atomic mass is 9.82. The lowest BCUT2D eigenvalue weighted by molar-refractivity contribution is 0.660. The van der Waals surface area contributed by atoms with Gasteiger partial charge in [-0.15, -0.1) is 0 Å². The Hall–Kier alpha value is -5.60. The maximum Gasteiger partial charge on any atom is 0.136 e. The Kier molecular flexibility index (Phi) is 5.58. The maximum atomic E-state index is 6.37. The van der Waals surface area contributed by atoms with E-state index in [1.807, 2.05) is 0 Å². The Morgan fingerprint density at radius 1 is 0.444 bits per heavy atom. The van der Waals surface area contributed by atoms with Crippen molar-refractivity contribution in [3.8, 4) is 22.3 Å². The molecule has 1 aromatic heterocycles. The highest BCUT2D eigenvalue weighted by Gasteiger charge is 2.35. The predicted octanol–water partition coefficient (Wildman–Crippen LogP) is 12.2. The Morgan fingerprint density at radius 3 is 1.89 bits per heavy atom. The van der Waals surface area contributed by atoms with Crippen molar-refractivity contribution in [3.63, 3.8) is 0 Å². The number of rotatable bonds is 4. The summed E-state index contributed by atoms with van der Waals surface area (Å²) in [5, 5.41) is 4.72. The van der Waals surface area contributed by atoms with Gasteiger partial charge in [0.2, 0.25) is 0 Å². The Labute approximate surface area is 262 Å². The molecule has 0 saturated carbocycles. The van der Waals surface area contributed by atoms with Crippen LogP contribution in [0.2, 0.25) is 0 Å². The van der Waals surface area contributed by atoms with Crippen LogP contribution in [0, 0.1) is 0 Å². The molecule has 0 radical (unpaired) electrons. The van der Waals surface area contributed by atoms with Gasteiger partial charge in [-0.05, 0) is 105 Å². The Balaban J connectivity index is 1.12. The molecule has 0 atom stereocenters. The number of para-hydroxylation sites is 1. The van der Waals surface area contributed by atoms with Crippen LogP contribution in [-0.4, -0.2) is 0 Å². The second-order valence-corrected chi connectivity index (χ2v) is 12.6. The second kappa shape index (κ2) is 9.70. The first-order valence-corrected chi connectivity index (χ1v) is 15.6. The number of fused-ring (bicyclic) bond motifs is 7. The molecule has 1 aliphatic carbocycles. The molecule has 0 fully saturated rings. The number of hydrogen-bond donors (Lipinski definition) is 0. The molecule has 0 unspecified atom stereocenters. The standard InChI is InChI=1S/C43H31NO/c1-43(2)39-15-9-8-14-35(39)37-27-34(21-23-40(37)43)44(32-12-4-3-5-13-32)33-19-16-28(17-20-33)31-18-22-36-38-24-29-10-6-7-11-30(29)25-42(38)45-41(36)26-31/h3-27H,1-2H3. The van der Waals surface area contributed by atoms with E-state index in [4.69, 9.17) is 4.42 Å². The summed E-state index contributed by atoms with van der Waals surface area (Å²) in [5.41, 5.74) is 12.9. The molecule has 0 spiro atoms. The first-order valence-electron chi connectivity index (χ1n) is 15.6. The first-order chi connectivity index (χ1) is 22.0. The number of nitrogens with zero attached hydrogens (tertiary/aromatic N) is 1. The fourth-order valence-electron chi connectivity index (χ4n) is 7.32. The molecule has 1 aliphatic rings. The molecular weight excluding hydrogens is 546 g/mol. The first kappa shape index (κ1) is 25.9. The van der Waals surface area contributed by atoms with Gasteiger partial charge in [-0.25, -0.2) is 0 Å². The van der Waals surface area contributed by atoms with Gasteiger partial charge in [-0.2, -0.15) is 0 Å². The van der Waals surface area contributed by atoms with E-state index < -0.39 is 0 Å². The fourth-order valence-corrected chi connectivity index (χ4v) is 7.32. The van der Waals surface area contributed by atoms with Crippen LogP contribution < -0.4 is 4.90 Å². The molecule has 0 N–H and O–H groups in total. The molecule has 214 valence electrons. The van der Waals surface area contributed by atoms with Crippen LogP contribution in [0.5, 0.6) is 0 Å². The van der Waals surface area contributed by atoms with Crippen molar-refractivity contribution in [2.45, 2.75) is 19.3 Å². The van der Waals surface area contributed by atoms with Crippen molar-refractivity contribution in [3.05, 3.63) is 163 Å². The van der Waals surface area contributed by atoms with Crippen LogP contribution in [0.1, 0.15) is 25.0 Å². The van der Waals surface area contributed by atoms with Crippen LogP contribution in [0.3, 0.4) is 0 Å². The third kappa shape index (κ3) is 4.03. The van der Waals surface area contributed by atoms with Crippen molar-refractivity contribution in [1.82, 2.24) is 0 Å². The molecule has 0 saturated heterocycles. The van der Waals surface area contributed by atoms with Gasteiger partial charge < -0.3 is 9.32 Å². The van der Waals surface area contributed by atoms with E-state index in [2.05, 4.69) is 170 Å². The molecule has 0 amide bonds. The zero-order valence-corrected chi connectivity index (χ0v) is 25.3. The van der Waals surface area contributed by atoms with Crippen LogP contribution in [0.4, 0.5) is 17.1 Å². The third-order valence-electron chi connectivity index (χ3n) is 9.64. The van der Waals surface area contributed by atoms with E-state index in [1.54, 1.807) is 0 Å². The molecule has 0 bridgehead atoms. The number of furan rings is 1. The van der Waals surface area contributed by atoms with Gasteiger partial charge >= 0.3 is 0 Å². The minimum atomic E-state index is -0.0158. The highest BCUT2D eigenvalue weighted by atomic mass is 16.3. The van der Waals surface area contributed by atoms with E-state index in [0.29, 0.717) is 0 Å². The topological polar surface area (TPSA) is 16.4 Å². The summed E-state index contributed by atoms with van der Waals surface area (Å²) >= 11 is 0. The quantitative estimate of drug-likeness (QED) is 0.207. The van der Waals surface area contributed by atoms with Crippen LogP contribution in [-0.2, 0) is 5.41 Å². The molecular formula is C43H31NO. The lowest BCUT2D eigenvalue weighted by Gasteiger charge is -2.27. The van der Waals surface area contributed by atoms with Crippen LogP contribution >= 0.6 is 0 Å². The average molecular weight is 578 g/mol. The van der Waals surface area contributed by atoms with Crippen LogP contribution in [0.15, 0.2) is 156 Å². The van der Waals surface area contributed by atoms with Crippen molar-refractivity contribution in [2.75, 3.05) is 4.90 Å². The van der Waals surface area contributed by atoms with Crippen molar-refractivity contribution >= 4 is 49.8 Å². The van der Waals surface area contributed by atoms with Gasteiger partial charge in [0.05, 0.1) is 0 Å². The van der Waals surface area contributed by atoms with Crippen molar-refractivity contribution in [2.24, 2.45) is 0 Å². The zero-order valence-electron chi connectivity index (χ0n) is 25.3. The van der Waals surface area contributed by atoms with Gasteiger partial charge in [-0.3, -0.25) is 0 Å². The average Bonchev–Trinajstić information content (AvgIpc) is 3.55. The largest absolute Gasteiger partial charge is 0.456 e. The highest BCUT2D eigenvalue weighted by Crippen LogP contribution is 2.50. The maximum absolute atomic E-state index is 6.37. The van der Waals surface area contributed by atoms with E-state index >= 15 is 0 Å². The summed E-state index contributed by atoms with van der Waals surface area (Å²) in [6.45, 7) is 4.66. The molecule has 2 nitrogen and oxygen atoms in total. The summed E-state index contributed by atoms with van der Waals surface area (Å²) in [4.78, 5) is 2.35. The summed E-state index contributed by atoms with van der Waals surface area (Å²) in [7, 11) is 0. The Bertz CT molecular complexity index is 2400. The zero-order chi connectivity index (χ0) is 30.1. The number of anilines is 3. The second-order valence-electron chi connectivity index (χ2n) is 12.6. The van der Waals surface area contributed by atoms with Gasteiger partial charge in [0.1, 0.15) is 11.2 Å². The fraction of sp³-hybridized carbons (Fsp3) is 0.0698. The van der Waals surface area contributed by atoms with Gasteiger partial charge in [0, 0.05) is 33.2 Å². The van der Waals surface area contributed by atoms with Crippen molar-refractivity contribution < 1.29 is 4.42 Å². The lowest BCUT2D eigenvalue weighted by Crippen LogP contribution is -2.15. The minimum absolute atomic E-state index is 0.0158. The summed E-state index contributed by atoms with van der Waals surface area (Å²) in [6.07, 6.45) is 0. The SMILES string of the molecule is CC1(C)c2ccccc2-c2cc(N(c3ccccc3)c3ccc(-c4ccc5c(c4)oc4cc6ccccc6cc45)cc3)ccc21. The molecule has 7 aromatic carbocycles. The van der Waals surface area contributed by atoms with Gasteiger partial charge in [0.25, 0.3) is 0 Å². The van der Waals surface area contributed by atoms with Gasteiger partial charge in [-0.1, -0.05) is 105 Å². The number of benzene rings is 7. The van der Waals surface area contributed by atoms with E-state index in [-0.39, 0.29) is 5.41 Å². The molecule has 2 heteroatoms. The Morgan fingerprint density at radius 2 is 1.07 bits per heavy atom. The predicted molar refractivity (Wildman–Crippen MR) is 189 cm³/mol. The van der Waals surface area contributed by atoms with Gasteiger partial charge in [0.15, 0.2) is 0 Å². The smallest absolute Gasteiger partial charge is 0.136 e. The summed E-state index contributed by atoms with van der Waals surface area (Å²) in [6, 6.07) is 54.7. The normalized spacial score (nSPS) is 13.3. The monoisotopic (exact) mass is 577 g/mol. The summed E-state index contributed by atoms with van der Waals surface area (Å²) in [5.74, 6) is 0. The molecule has 0 aliphatic heterocycles. The highest BCUT2D eigenvalue weighted by molar-refractivity contribution is 6.10. The van der Waals surface area contributed by atoms with E-state index in [0.717, 1.165) is 50.1 Å². The minimum Gasteiger partial charge on any atom is -0.456 e.